The highest BCUT2D eigenvalue weighted by Gasteiger charge is 2.30. The monoisotopic (exact) mass is 182 g/mol. The van der Waals surface area contributed by atoms with Gasteiger partial charge in [0.2, 0.25) is 0 Å². The lowest BCUT2D eigenvalue weighted by Gasteiger charge is -2.29. The Morgan fingerprint density at radius 2 is 1.90 bits per heavy atom. The Hall–Kier alpha value is 0.600. The van der Waals surface area contributed by atoms with E-state index in [0.29, 0.717) is 10.9 Å². The molecule has 0 saturated heterocycles. The number of hydrogen-bond donors (Lipinski definition) is 1. The summed E-state index contributed by atoms with van der Waals surface area (Å²) < 4.78 is 0. The predicted molar refractivity (Wildman–Crippen MR) is 42.8 cm³/mol. The average Bonchev–Trinajstić information content (AvgIpc) is 1.60. The summed E-state index contributed by atoms with van der Waals surface area (Å²) in [5.74, 6) is 2.18. The third-order valence-electron chi connectivity index (χ3n) is 1.78. The largest absolute Gasteiger partial charge is 1.00 e. The summed E-state index contributed by atoms with van der Waals surface area (Å²) in [5, 5.41) is 8.93. The SMILES string of the molecule is C[S+](C)CC1CC(O)C1.[Cl-]. The summed E-state index contributed by atoms with van der Waals surface area (Å²) in [6, 6.07) is 0. The second kappa shape index (κ2) is 4.47. The van der Waals surface area contributed by atoms with E-state index in [1.807, 2.05) is 0 Å². The van der Waals surface area contributed by atoms with Crippen LogP contribution >= 0.6 is 0 Å². The molecule has 3 heteroatoms. The van der Waals surface area contributed by atoms with Crippen LogP contribution in [0.5, 0.6) is 0 Å². The highest BCUT2D eigenvalue weighted by molar-refractivity contribution is 7.95. The van der Waals surface area contributed by atoms with E-state index in [1.54, 1.807) is 0 Å². The molecular weight excluding hydrogens is 168 g/mol. The van der Waals surface area contributed by atoms with E-state index in [9.17, 15) is 0 Å². The zero-order chi connectivity index (χ0) is 6.85. The molecule has 1 nitrogen and oxygen atoms in total. The van der Waals surface area contributed by atoms with Gasteiger partial charge in [-0.1, -0.05) is 0 Å². The molecule has 10 heavy (non-hydrogen) atoms. The van der Waals surface area contributed by atoms with Gasteiger partial charge >= 0.3 is 0 Å². The van der Waals surface area contributed by atoms with Crippen LogP contribution in [0, 0.1) is 5.92 Å². The first kappa shape index (κ1) is 10.6. The maximum atomic E-state index is 8.93. The van der Waals surface area contributed by atoms with Gasteiger partial charge in [0.1, 0.15) is 5.75 Å². The Bertz CT molecular complexity index is 91.6. The standard InChI is InChI=1S/C7H15OS.ClH/c1-9(2)5-6-3-7(8)4-6;/h6-8H,3-5H2,1-2H3;1H/q+1;/p-1. The fourth-order valence-corrected chi connectivity index (χ4v) is 2.52. The third-order valence-corrected chi connectivity index (χ3v) is 2.92. The van der Waals surface area contributed by atoms with Crippen molar-refractivity contribution in [2.45, 2.75) is 18.9 Å². The Kier molecular flexibility index (Phi) is 4.74. The van der Waals surface area contributed by atoms with Crippen LogP contribution in [0.2, 0.25) is 0 Å². The summed E-state index contributed by atoms with van der Waals surface area (Å²) in [6.45, 7) is 0. The quantitative estimate of drug-likeness (QED) is 0.474. The minimum absolute atomic E-state index is 0. The summed E-state index contributed by atoms with van der Waals surface area (Å²) in [7, 11) is 0.580. The van der Waals surface area contributed by atoms with Crippen LogP contribution < -0.4 is 12.4 Å². The van der Waals surface area contributed by atoms with E-state index in [2.05, 4.69) is 12.5 Å². The van der Waals surface area contributed by atoms with Gasteiger partial charge in [0, 0.05) is 5.92 Å². The van der Waals surface area contributed by atoms with Crippen molar-refractivity contribution in [2.75, 3.05) is 18.3 Å². The fraction of sp³-hybridized carbons (Fsp3) is 1.00. The van der Waals surface area contributed by atoms with Crippen LogP contribution in [0.1, 0.15) is 12.8 Å². The molecule has 62 valence electrons. The first-order valence-electron chi connectivity index (χ1n) is 3.40. The Balaban J connectivity index is 0.000000810. The molecule has 0 aromatic carbocycles. The van der Waals surface area contributed by atoms with E-state index < -0.39 is 0 Å². The van der Waals surface area contributed by atoms with Crippen LogP contribution in [0.4, 0.5) is 0 Å². The average molecular weight is 183 g/mol. The third kappa shape index (κ3) is 3.13. The zero-order valence-corrected chi connectivity index (χ0v) is 8.08. The maximum Gasteiger partial charge on any atom is 0.110 e. The first-order valence-corrected chi connectivity index (χ1v) is 5.61. The lowest BCUT2D eigenvalue weighted by molar-refractivity contribution is -0.00000900. The second-order valence-corrected chi connectivity index (χ2v) is 5.45. The highest BCUT2D eigenvalue weighted by Crippen LogP contribution is 2.27. The van der Waals surface area contributed by atoms with Gasteiger partial charge in [-0.3, -0.25) is 0 Å². The van der Waals surface area contributed by atoms with Crippen molar-refractivity contribution in [3.05, 3.63) is 0 Å². The maximum absolute atomic E-state index is 8.93. The minimum atomic E-state index is 0. The molecule has 1 aliphatic carbocycles. The predicted octanol–water partition coefficient (Wildman–Crippen LogP) is -2.36. The number of hydrogen-bond acceptors (Lipinski definition) is 1. The van der Waals surface area contributed by atoms with E-state index in [1.165, 1.54) is 5.75 Å². The van der Waals surface area contributed by atoms with Gasteiger partial charge in [0.05, 0.1) is 18.6 Å². The molecule has 0 aliphatic heterocycles. The first-order chi connectivity index (χ1) is 4.18. The molecule has 1 saturated carbocycles. The molecule has 1 N–H and O–H groups in total. The molecule has 0 aromatic rings. The molecule has 0 spiro atoms. The molecule has 1 rings (SSSR count). The lowest BCUT2D eigenvalue weighted by Crippen LogP contribution is -3.00. The van der Waals surface area contributed by atoms with Crippen molar-refractivity contribution in [3.63, 3.8) is 0 Å². The van der Waals surface area contributed by atoms with E-state index >= 15 is 0 Å². The van der Waals surface area contributed by atoms with Crippen LogP contribution in [0.15, 0.2) is 0 Å². The van der Waals surface area contributed by atoms with Gasteiger partial charge in [-0.2, -0.15) is 0 Å². The van der Waals surface area contributed by atoms with Gasteiger partial charge in [0.15, 0.2) is 0 Å². The van der Waals surface area contributed by atoms with E-state index in [4.69, 9.17) is 5.11 Å². The number of aliphatic hydroxyl groups excluding tert-OH is 1. The van der Waals surface area contributed by atoms with Gasteiger partial charge in [-0.25, -0.2) is 0 Å². The second-order valence-electron chi connectivity index (χ2n) is 3.14. The highest BCUT2D eigenvalue weighted by atomic mass is 35.5. The summed E-state index contributed by atoms with van der Waals surface area (Å²) in [4.78, 5) is 0. The van der Waals surface area contributed by atoms with Crippen molar-refractivity contribution >= 4 is 10.9 Å². The number of rotatable bonds is 2. The molecule has 0 unspecified atom stereocenters. The van der Waals surface area contributed by atoms with Gasteiger partial charge in [-0.05, 0) is 23.7 Å². The topological polar surface area (TPSA) is 20.2 Å². The van der Waals surface area contributed by atoms with Gasteiger partial charge < -0.3 is 17.5 Å². The minimum Gasteiger partial charge on any atom is -1.00 e. The van der Waals surface area contributed by atoms with Crippen LogP contribution in [-0.4, -0.2) is 29.5 Å². The molecular formula is C7H15ClOS. The van der Waals surface area contributed by atoms with Crippen LogP contribution in [0.25, 0.3) is 0 Å². The lowest BCUT2D eigenvalue weighted by atomic mass is 9.84. The Labute approximate surface area is 72.0 Å². The van der Waals surface area contributed by atoms with Crippen molar-refractivity contribution in [1.82, 2.24) is 0 Å². The molecule has 0 heterocycles. The zero-order valence-electron chi connectivity index (χ0n) is 6.51. The molecule has 1 fully saturated rings. The van der Waals surface area contributed by atoms with Crippen molar-refractivity contribution in [2.24, 2.45) is 5.92 Å². The molecule has 0 radical (unpaired) electrons. The van der Waals surface area contributed by atoms with Crippen molar-refractivity contribution < 1.29 is 17.5 Å². The summed E-state index contributed by atoms with van der Waals surface area (Å²) in [5.41, 5.74) is 0. The van der Waals surface area contributed by atoms with Gasteiger partial charge in [0.25, 0.3) is 0 Å². The number of aliphatic hydroxyl groups is 1. The molecule has 0 bridgehead atoms. The number of halogens is 1. The summed E-state index contributed by atoms with van der Waals surface area (Å²) in [6.07, 6.45) is 6.70. The molecule has 0 atom stereocenters. The summed E-state index contributed by atoms with van der Waals surface area (Å²) >= 11 is 0. The van der Waals surface area contributed by atoms with Crippen molar-refractivity contribution in [1.29, 1.82) is 0 Å². The fourth-order valence-electron chi connectivity index (χ4n) is 1.31. The van der Waals surface area contributed by atoms with Crippen LogP contribution in [-0.2, 0) is 10.9 Å². The Morgan fingerprint density at radius 1 is 1.40 bits per heavy atom. The molecule has 0 amide bonds. The normalized spacial score (nSPS) is 31.2. The smallest absolute Gasteiger partial charge is 0.110 e. The Morgan fingerprint density at radius 3 is 2.20 bits per heavy atom. The molecule has 1 aliphatic rings. The van der Waals surface area contributed by atoms with Crippen LogP contribution in [0.3, 0.4) is 0 Å². The van der Waals surface area contributed by atoms with E-state index in [-0.39, 0.29) is 18.5 Å². The van der Waals surface area contributed by atoms with Crippen molar-refractivity contribution in [3.8, 4) is 0 Å². The van der Waals surface area contributed by atoms with E-state index in [0.717, 1.165) is 18.8 Å². The molecule has 0 aromatic heterocycles. The van der Waals surface area contributed by atoms with Gasteiger partial charge in [-0.15, -0.1) is 0 Å².